The van der Waals surface area contributed by atoms with Gasteiger partial charge >= 0.3 is 0 Å². The topological polar surface area (TPSA) is 98.3 Å². The van der Waals surface area contributed by atoms with Gasteiger partial charge in [0, 0.05) is 23.9 Å². The van der Waals surface area contributed by atoms with Crippen LogP contribution in [0, 0.1) is 10.1 Å². The molecule has 0 bridgehead atoms. The minimum Gasteiger partial charge on any atom is -0.397 e. The minimum atomic E-state index is -0.610. The molecule has 0 aliphatic heterocycles. The average molecular weight is 318 g/mol. The number of thioether (sulfide) groups is 1. The standard InChI is InChI=1S/C12H16ClN3O3S/c1-3-7(6-20-2)15-12(17)9-4-8(16(18)19)5-10(13)11(9)14/h4-5,7H,3,6,14H2,1-2H3,(H,15,17). The van der Waals surface area contributed by atoms with E-state index in [9.17, 15) is 14.9 Å². The number of nitrogen functional groups attached to an aromatic ring is 1. The van der Waals surface area contributed by atoms with Crippen LogP contribution >= 0.6 is 23.4 Å². The molecule has 0 aliphatic rings. The maximum absolute atomic E-state index is 12.2. The van der Waals surface area contributed by atoms with E-state index in [1.54, 1.807) is 11.8 Å². The predicted octanol–water partition coefficient (Wildman–Crippen LogP) is 2.70. The lowest BCUT2D eigenvalue weighted by Crippen LogP contribution is -2.36. The molecule has 0 aliphatic carbocycles. The van der Waals surface area contributed by atoms with E-state index in [2.05, 4.69) is 5.32 Å². The second-order valence-electron chi connectivity index (χ2n) is 4.18. The van der Waals surface area contributed by atoms with Gasteiger partial charge in [-0.05, 0) is 12.7 Å². The Balaban J connectivity index is 3.05. The molecule has 1 rings (SSSR count). The Bertz CT molecular complexity index is 525. The lowest BCUT2D eigenvalue weighted by atomic mass is 10.1. The smallest absolute Gasteiger partial charge is 0.271 e. The molecule has 20 heavy (non-hydrogen) atoms. The fourth-order valence-corrected chi connectivity index (χ4v) is 2.56. The maximum Gasteiger partial charge on any atom is 0.271 e. The van der Waals surface area contributed by atoms with Crippen LogP contribution in [-0.2, 0) is 0 Å². The SMILES string of the molecule is CCC(CSC)NC(=O)c1cc([N+](=O)[O-])cc(Cl)c1N. The Labute approximate surface area is 126 Å². The number of carbonyl (C=O) groups excluding carboxylic acids is 1. The molecule has 0 saturated carbocycles. The third kappa shape index (κ3) is 4.01. The van der Waals surface area contributed by atoms with Gasteiger partial charge in [0.05, 0.1) is 21.2 Å². The highest BCUT2D eigenvalue weighted by Gasteiger charge is 2.20. The molecule has 0 aromatic heterocycles. The van der Waals surface area contributed by atoms with Crippen molar-refractivity contribution in [1.29, 1.82) is 0 Å². The van der Waals surface area contributed by atoms with Gasteiger partial charge in [0.25, 0.3) is 11.6 Å². The minimum absolute atomic E-state index is 0.00210. The summed E-state index contributed by atoms with van der Waals surface area (Å²) in [5.41, 5.74) is 5.55. The largest absolute Gasteiger partial charge is 0.397 e. The van der Waals surface area contributed by atoms with Crippen molar-refractivity contribution in [3.05, 3.63) is 32.8 Å². The fourth-order valence-electron chi connectivity index (χ4n) is 1.62. The van der Waals surface area contributed by atoms with Crippen LogP contribution in [0.1, 0.15) is 23.7 Å². The summed E-state index contributed by atoms with van der Waals surface area (Å²) < 4.78 is 0. The van der Waals surface area contributed by atoms with Gasteiger partial charge in [-0.15, -0.1) is 0 Å². The van der Waals surface area contributed by atoms with Crippen LogP contribution in [0.25, 0.3) is 0 Å². The third-order valence-electron chi connectivity index (χ3n) is 2.77. The Kier molecular flexibility index (Phi) is 6.09. The van der Waals surface area contributed by atoms with Crippen molar-refractivity contribution in [2.24, 2.45) is 0 Å². The summed E-state index contributed by atoms with van der Waals surface area (Å²) in [5.74, 6) is 0.305. The summed E-state index contributed by atoms with van der Waals surface area (Å²) in [6.07, 6.45) is 2.70. The number of carbonyl (C=O) groups is 1. The first-order valence-corrected chi connectivity index (χ1v) is 7.71. The Hall–Kier alpha value is -1.47. The number of rotatable bonds is 6. The van der Waals surface area contributed by atoms with Crippen molar-refractivity contribution in [3.8, 4) is 0 Å². The third-order valence-corrected chi connectivity index (χ3v) is 3.81. The number of hydrogen-bond acceptors (Lipinski definition) is 5. The highest BCUT2D eigenvalue weighted by Crippen LogP contribution is 2.28. The van der Waals surface area contributed by atoms with E-state index in [1.165, 1.54) is 0 Å². The van der Waals surface area contributed by atoms with Gasteiger partial charge in [0.15, 0.2) is 0 Å². The number of nitrogens with zero attached hydrogens (tertiary/aromatic N) is 1. The van der Waals surface area contributed by atoms with Crippen molar-refractivity contribution < 1.29 is 9.72 Å². The van der Waals surface area contributed by atoms with E-state index in [4.69, 9.17) is 17.3 Å². The van der Waals surface area contributed by atoms with Crippen LogP contribution in [0.15, 0.2) is 12.1 Å². The van der Waals surface area contributed by atoms with Gasteiger partial charge in [-0.1, -0.05) is 18.5 Å². The van der Waals surface area contributed by atoms with Crippen molar-refractivity contribution in [2.45, 2.75) is 19.4 Å². The van der Waals surface area contributed by atoms with Crippen molar-refractivity contribution in [1.82, 2.24) is 5.32 Å². The van der Waals surface area contributed by atoms with Crippen LogP contribution in [-0.4, -0.2) is 28.9 Å². The van der Waals surface area contributed by atoms with E-state index in [0.29, 0.717) is 0 Å². The Morgan fingerprint density at radius 1 is 1.60 bits per heavy atom. The molecular formula is C12H16ClN3O3S. The lowest BCUT2D eigenvalue weighted by molar-refractivity contribution is -0.384. The number of hydrogen-bond donors (Lipinski definition) is 2. The number of benzene rings is 1. The van der Waals surface area contributed by atoms with Gasteiger partial charge < -0.3 is 11.1 Å². The van der Waals surface area contributed by atoms with Crippen LogP contribution in [0.2, 0.25) is 5.02 Å². The van der Waals surface area contributed by atoms with E-state index >= 15 is 0 Å². The Morgan fingerprint density at radius 3 is 2.75 bits per heavy atom. The second kappa shape index (κ2) is 7.35. The maximum atomic E-state index is 12.2. The van der Waals surface area contributed by atoms with Crippen LogP contribution in [0.4, 0.5) is 11.4 Å². The summed E-state index contributed by atoms with van der Waals surface area (Å²) in [6, 6.07) is 2.25. The number of nitro benzene ring substituents is 1. The van der Waals surface area contributed by atoms with Gasteiger partial charge in [-0.2, -0.15) is 11.8 Å². The first kappa shape index (κ1) is 16.6. The molecule has 1 amide bonds. The van der Waals surface area contributed by atoms with E-state index in [0.717, 1.165) is 24.3 Å². The number of nitro groups is 1. The Morgan fingerprint density at radius 2 is 2.25 bits per heavy atom. The summed E-state index contributed by atoms with van der Waals surface area (Å²) in [6.45, 7) is 1.95. The van der Waals surface area contributed by atoms with Crippen LogP contribution in [0.5, 0.6) is 0 Å². The number of nitrogens with one attached hydrogen (secondary N) is 1. The number of amides is 1. The number of non-ortho nitro benzene ring substituents is 1. The zero-order chi connectivity index (χ0) is 15.3. The molecule has 8 heteroatoms. The molecule has 0 spiro atoms. The number of nitrogens with two attached hydrogens (primary N) is 1. The van der Waals surface area contributed by atoms with Gasteiger partial charge in [-0.25, -0.2) is 0 Å². The molecule has 0 radical (unpaired) electrons. The molecule has 6 nitrogen and oxygen atoms in total. The molecular weight excluding hydrogens is 302 g/mol. The molecule has 0 saturated heterocycles. The molecule has 1 atom stereocenters. The van der Waals surface area contributed by atoms with Crippen molar-refractivity contribution in [2.75, 3.05) is 17.7 Å². The summed E-state index contributed by atoms with van der Waals surface area (Å²) in [7, 11) is 0. The highest BCUT2D eigenvalue weighted by atomic mass is 35.5. The number of halogens is 1. The van der Waals surface area contributed by atoms with Crippen LogP contribution in [0.3, 0.4) is 0 Å². The molecule has 110 valence electrons. The van der Waals surface area contributed by atoms with Crippen molar-refractivity contribution >= 4 is 40.6 Å². The van der Waals surface area contributed by atoms with Gasteiger partial charge in [0.1, 0.15) is 0 Å². The summed E-state index contributed by atoms with van der Waals surface area (Å²) in [4.78, 5) is 22.3. The van der Waals surface area contributed by atoms with E-state index < -0.39 is 10.8 Å². The molecule has 0 heterocycles. The number of anilines is 1. The fraction of sp³-hybridized carbons (Fsp3) is 0.417. The monoisotopic (exact) mass is 317 g/mol. The predicted molar refractivity (Wildman–Crippen MR) is 82.4 cm³/mol. The van der Waals surface area contributed by atoms with Gasteiger partial charge in [-0.3, -0.25) is 14.9 Å². The first-order chi connectivity index (χ1) is 9.40. The van der Waals surface area contributed by atoms with Crippen molar-refractivity contribution in [3.63, 3.8) is 0 Å². The molecule has 1 unspecified atom stereocenters. The summed E-state index contributed by atoms with van der Waals surface area (Å²) in [5, 5.41) is 13.6. The van der Waals surface area contributed by atoms with Crippen LogP contribution < -0.4 is 11.1 Å². The quantitative estimate of drug-likeness (QED) is 0.477. The first-order valence-electron chi connectivity index (χ1n) is 5.93. The van der Waals surface area contributed by atoms with Gasteiger partial charge in [0.2, 0.25) is 0 Å². The molecule has 1 aromatic carbocycles. The lowest BCUT2D eigenvalue weighted by Gasteiger charge is -2.16. The van der Waals surface area contributed by atoms with E-state index in [-0.39, 0.29) is 28.0 Å². The second-order valence-corrected chi connectivity index (χ2v) is 5.50. The van der Waals surface area contributed by atoms with E-state index in [1.807, 2.05) is 13.2 Å². The molecule has 3 N–H and O–H groups in total. The zero-order valence-corrected chi connectivity index (χ0v) is 12.8. The molecule has 1 aromatic rings. The molecule has 0 fully saturated rings. The zero-order valence-electron chi connectivity index (χ0n) is 11.2. The average Bonchev–Trinajstić information content (AvgIpc) is 2.40. The normalized spacial score (nSPS) is 11.9. The highest BCUT2D eigenvalue weighted by molar-refractivity contribution is 7.98. The summed E-state index contributed by atoms with van der Waals surface area (Å²) >= 11 is 7.43.